The van der Waals surface area contributed by atoms with Gasteiger partial charge in [-0.2, -0.15) is 0 Å². The van der Waals surface area contributed by atoms with Crippen LogP contribution in [0.5, 0.6) is 0 Å². The molecule has 1 fully saturated rings. The average molecular weight is 649 g/mol. The third kappa shape index (κ3) is 11.2. The van der Waals surface area contributed by atoms with Gasteiger partial charge in [0.2, 0.25) is 0 Å². The molecule has 0 N–H and O–H groups in total. The first-order valence-corrected chi connectivity index (χ1v) is 15.9. The van der Waals surface area contributed by atoms with Crippen LogP contribution in [0.4, 0.5) is 0 Å². The molecule has 0 amide bonds. The van der Waals surface area contributed by atoms with E-state index < -0.39 is 86.7 Å². The van der Waals surface area contributed by atoms with E-state index in [1.807, 2.05) is 6.92 Å². The monoisotopic (exact) mass is 648 g/mol. The largest absolute Gasteiger partial charge is 0.463 e. The topological polar surface area (TPSA) is 158 Å². The lowest BCUT2D eigenvalue weighted by atomic mass is 9.97. The number of aromatic nitrogens is 4. The zero-order chi connectivity index (χ0) is 36.8. The summed E-state index contributed by atoms with van der Waals surface area (Å²) in [5.41, 5.74) is 0.750. The minimum atomic E-state index is -1.67. The maximum atomic E-state index is 13.3. The summed E-state index contributed by atoms with van der Waals surface area (Å²) in [7, 11) is 0. The number of pyridine rings is 1. The number of esters is 4. The summed E-state index contributed by atoms with van der Waals surface area (Å²) in [4.78, 5) is 56.9. The fourth-order valence-corrected chi connectivity index (χ4v) is 4.50. The van der Waals surface area contributed by atoms with Crippen molar-refractivity contribution < 1.29 is 48.3 Å². The number of nitrogens with zero attached hydrogens (tertiary/aromatic N) is 4. The van der Waals surface area contributed by atoms with Gasteiger partial charge in [-0.1, -0.05) is 64.7 Å². The van der Waals surface area contributed by atoms with E-state index in [-0.39, 0.29) is 25.7 Å². The molecule has 254 valence electrons. The molecular formula is C33H48N4O9. The summed E-state index contributed by atoms with van der Waals surface area (Å²) in [5, 5.41) is 8.33. The van der Waals surface area contributed by atoms with Crippen LogP contribution in [0, 0.1) is 0 Å². The van der Waals surface area contributed by atoms with Gasteiger partial charge in [-0.15, -0.1) is 5.10 Å². The molecule has 46 heavy (non-hydrogen) atoms. The van der Waals surface area contributed by atoms with Gasteiger partial charge in [0.1, 0.15) is 18.4 Å². The predicted octanol–water partition coefficient (Wildman–Crippen LogP) is 5.28. The molecule has 5 unspecified atom stereocenters. The normalized spacial score (nSPS) is 24.9. The summed E-state index contributed by atoms with van der Waals surface area (Å²) >= 11 is 0. The van der Waals surface area contributed by atoms with Crippen LogP contribution in [0.25, 0.3) is 11.4 Å². The first kappa shape index (κ1) is 30.8. The van der Waals surface area contributed by atoms with Crippen LogP contribution in [-0.2, 0) is 42.9 Å². The van der Waals surface area contributed by atoms with Gasteiger partial charge in [0.05, 0.1) is 11.9 Å². The molecule has 13 heteroatoms. The number of rotatable bonds is 19. The SMILES string of the molecule is [2H]C(CCC)C(=O)OC[C@H]1OC(n2cc(-c3ccccn3)nn2)[C@H](OC(=O)C([2H])CCC)[C@@H](OC(=O)C([2H])CCC)[C@@H]1OC(=O)C([2H])CCC. The maximum absolute atomic E-state index is 13.3. The number of ether oxygens (including phenoxy) is 5. The molecule has 13 nitrogen and oxygen atoms in total. The molecule has 0 radical (unpaired) electrons. The lowest BCUT2D eigenvalue weighted by molar-refractivity contribution is -0.272. The van der Waals surface area contributed by atoms with Crippen molar-refractivity contribution in [2.75, 3.05) is 6.61 Å². The lowest BCUT2D eigenvalue weighted by Gasteiger charge is -2.44. The Labute approximate surface area is 276 Å². The van der Waals surface area contributed by atoms with Crippen molar-refractivity contribution in [3.8, 4) is 11.4 Å². The summed E-state index contributed by atoms with van der Waals surface area (Å²) in [6, 6.07) is 5.15. The molecule has 0 bridgehead atoms. The second-order valence-corrected chi connectivity index (χ2v) is 10.7. The first-order valence-electron chi connectivity index (χ1n) is 18.2. The standard InChI is InChI=1S/C33H48N4O9/c1-5-9-16-26(38)42-22-25-30(44-27(39)17-10-6-2)31(45-28(40)18-11-7-3)32(46-29(41)19-12-8-4)33(43-25)37-21-24(35-36-37)23-15-13-14-20-34-23/h13-15,20-21,25,30-33H,5-12,16-19,22H2,1-4H3/t25-,30-,31+,32-,33?/m1/s1/i16D,17D,18D,19D/t16?,17?,18?,19?,25-,30-,31+,32-,33?. The molecule has 2 aromatic heterocycles. The molecule has 1 saturated heterocycles. The van der Waals surface area contributed by atoms with Gasteiger partial charge in [-0.25, -0.2) is 4.68 Å². The van der Waals surface area contributed by atoms with Gasteiger partial charge >= 0.3 is 23.9 Å². The Bertz CT molecular complexity index is 1390. The Hall–Kier alpha value is -3.87. The highest BCUT2D eigenvalue weighted by atomic mass is 16.7. The summed E-state index contributed by atoms with van der Waals surface area (Å²) in [6.07, 6.45) is -7.30. The zero-order valence-electron chi connectivity index (χ0n) is 30.9. The number of carbonyl (C=O) groups is 4. The van der Waals surface area contributed by atoms with Gasteiger partial charge in [0, 0.05) is 37.3 Å². The number of hydrogen-bond donors (Lipinski definition) is 0. The Morgan fingerprint density at radius 2 is 1.30 bits per heavy atom. The average Bonchev–Trinajstić information content (AvgIpc) is 3.60. The smallest absolute Gasteiger partial charge is 0.306 e. The zero-order valence-corrected chi connectivity index (χ0v) is 26.9. The molecule has 3 heterocycles. The third-order valence-corrected chi connectivity index (χ3v) is 6.85. The fourth-order valence-electron chi connectivity index (χ4n) is 4.50. The van der Waals surface area contributed by atoms with Crippen LogP contribution in [0.15, 0.2) is 30.6 Å². The number of carbonyl (C=O) groups excluding carboxylic acids is 4. The molecule has 0 aromatic carbocycles. The van der Waals surface area contributed by atoms with Gasteiger partial charge < -0.3 is 23.7 Å². The van der Waals surface area contributed by atoms with Crippen molar-refractivity contribution in [3.05, 3.63) is 30.6 Å². The molecule has 9 atom stereocenters. The van der Waals surface area contributed by atoms with Crippen LogP contribution in [0.3, 0.4) is 0 Å². The minimum Gasteiger partial charge on any atom is -0.463 e. The molecule has 3 rings (SSSR count). The highest BCUT2D eigenvalue weighted by Crippen LogP contribution is 2.35. The molecular weight excluding hydrogens is 596 g/mol. The quantitative estimate of drug-likeness (QED) is 0.144. The van der Waals surface area contributed by atoms with Gasteiger partial charge in [0.15, 0.2) is 24.5 Å². The highest BCUT2D eigenvalue weighted by Gasteiger charge is 2.53. The van der Waals surface area contributed by atoms with E-state index in [1.54, 1.807) is 45.2 Å². The molecule has 0 aliphatic carbocycles. The minimum absolute atomic E-state index is 0.136. The van der Waals surface area contributed by atoms with Crippen LogP contribution in [0.1, 0.15) is 116 Å². The van der Waals surface area contributed by atoms with Crippen LogP contribution in [-0.4, -0.2) is 74.9 Å². The second-order valence-electron chi connectivity index (χ2n) is 10.7. The van der Waals surface area contributed by atoms with E-state index >= 15 is 0 Å². The van der Waals surface area contributed by atoms with E-state index in [0.717, 1.165) is 0 Å². The van der Waals surface area contributed by atoms with Crippen LogP contribution in [0.2, 0.25) is 0 Å². The first-order chi connectivity index (χ1) is 23.9. The highest BCUT2D eigenvalue weighted by molar-refractivity contribution is 5.72. The van der Waals surface area contributed by atoms with Crippen molar-refractivity contribution in [2.24, 2.45) is 0 Å². The van der Waals surface area contributed by atoms with Gasteiger partial charge in [-0.05, 0) is 37.8 Å². The Morgan fingerprint density at radius 3 is 1.85 bits per heavy atom. The molecule has 2 aromatic rings. The van der Waals surface area contributed by atoms with Crippen molar-refractivity contribution in [2.45, 2.75) is 135 Å². The van der Waals surface area contributed by atoms with E-state index in [1.165, 1.54) is 10.9 Å². The maximum Gasteiger partial charge on any atom is 0.306 e. The second kappa shape index (κ2) is 19.6. The van der Waals surface area contributed by atoms with Crippen molar-refractivity contribution in [3.63, 3.8) is 0 Å². The van der Waals surface area contributed by atoms with E-state index in [2.05, 4.69) is 15.3 Å². The van der Waals surface area contributed by atoms with E-state index in [4.69, 9.17) is 29.2 Å². The van der Waals surface area contributed by atoms with Crippen LogP contribution >= 0.6 is 0 Å². The van der Waals surface area contributed by atoms with Crippen molar-refractivity contribution in [1.82, 2.24) is 20.0 Å². The fraction of sp³-hybridized carbons (Fsp3) is 0.667. The van der Waals surface area contributed by atoms with E-state index in [0.29, 0.717) is 37.1 Å². The Balaban J connectivity index is 2.16. The number of hydrogen-bond acceptors (Lipinski definition) is 12. The van der Waals surface area contributed by atoms with Crippen molar-refractivity contribution >= 4 is 23.9 Å². The summed E-state index contributed by atoms with van der Waals surface area (Å²) < 4.78 is 63.5. The predicted molar refractivity (Wildman–Crippen MR) is 166 cm³/mol. The molecule has 0 spiro atoms. The van der Waals surface area contributed by atoms with E-state index in [9.17, 15) is 19.2 Å². The Morgan fingerprint density at radius 1 is 0.761 bits per heavy atom. The molecule has 1 aliphatic heterocycles. The molecule has 1 aliphatic rings. The third-order valence-electron chi connectivity index (χ3n) is 6.85. The van der Waals surface area contributed by atoms with Crippen LogP contribution < -0.4 is 0 Å². The lowest BCUT2D eigenvalue weighted by Crippen LogP contribution is -2.61. The summed E-state index contributed by atoms with van der Waals surface area (Å²) in [5.74, 6) is -3.86. The van der Waals surface area contributed by atoms with Gasteiger partial charge in [0.25, 0.3) is 0 Å². The summed E-state index contributed by atoms with van der Waals surface area (Å²) in [6.45, 7) is 6.58. The Kier molecular flexibility index (Phi) is 13.1. The van der Waals surface area contributed by atoms with Crippen molar-refractivity contribution in [1.29, 1.82) is 0 Å². The molecule has 0 saturated carbocycles. The van der Waals surface area contributed by atoms with Gasteiger partial charge in [-0.3, -0.25) is 24.2 Å².